The van der Waals surface area contributed by atoms with E-state index in [-0.39, 0.29) is 0 Å². The molecule has 3 aromatic rings. The van der Waals surface area contributed by atoms with Crippen molar-refractivity contribution in [1.82, 2.24) is 5.32 Å². The van der Waals surface area contributed by atoms with Crippen molar-refractivity contribution >= 4 is 24.1 Å². The molecule has 2 nitrogen and oxygen atoms in total. The molecule has 0 aliphatic heterocycles. The van der Waals surface area contributed by atoms with E-state index in [9.17, 15) is 0 Å². The average molecular weight is 401 g/mol. The van der Waals surface area contributed by atoms with E-state index in [1.54, 1.807) is 0 Å². The average Bonchev–Trinajstić information content (AvgIpc) is 2.80. The lowest BCUT2D eigenvalue weighted by atomic mass is 9.96. The van der Waals surface area contributed by atoms with E-state index in [1.165, 1.54) is 48.3 Å². The second-order valence-electron chi connectivity index (χ2n) is 7.61. The van der Waals surface area contributed by atoms with Gasteiger partial charge in [0.1, 0.15) is 5.58 Å². The van der Waals surface area contributed by atoms with Gasteiger partial charge in [-0.15, -0.1) is 0 Å². The molecule has 0 heterocycles. The highest BCUT2D eigenvalue weighted by molar-refractivity contribution is 7.87. The summed E-state index contributed by atoms with van der Waals surface area (Å²) in [6, 6.07) is 32.9. The molecular formula is C26H29N2P. The minimum absolute atomic E-state index is 0.538. The van der Waals surface area contributed by atoms with Crippen molar-refractivity contribution in [1.29, 1.82) is 0 Å². The first-order valence-electron chi connectivity index (χ1n) is 10.7. The summed E-state index contributed by atoms with van der Waals surface area (Å²) < 4.78 is 0. The maximum atomic E-state index is 5.18. The summed E-state index contributed by atoms with van der Waals surface area (Å²) in [4.78, 5) is 5.18. The third kappa shape index (κ3) is 5.55. The van der Waals surface area contributed by atoms with Gasteiger partial charge in [0.05, 0.1) is 6.54 Å². The van der Waals surface area contributed by atoms with Crippen LogP contribution < -0.4 is 15.9 Å². The summed E-state index contributed by atoms with van der Waals surface area (Å²) in [7, 11) is -0.697. The van der Waals surface area contributed by atoms with Gasteiger partial charge in [0.2, 0.25) is 0 Å². The SMILES string of the molecule is c1ccc(CN=C(NC2CCCCC2)P(c2ccccc2)c2ccccc2)cc1. The van der Waals surface area contributed by atoms with E-state index in [0.717, 1.165) is 5.58 Å². The number of benzene rings is 3. The Balaban J connectivity index is 1.70. The maximum absolute atomic E-state index is 5.18. The molecule has 0 atom stereocenters. The summed E-state index contributed by atoms with van der Waals surface area (Å²) in [5, 5.41) is 6.60. The number of rotatable bonds is 6. The smallest absolute Gasteiger partial charge is 0.129 e. The molecular weight excluding hydrogens is 371 g/mol. The Morgan fingerprint density at radius 2 is 1.24 bits per heavy atom. The molecule has 29 heavy (non-hydrogen) atoms. The van der Waals surface area contributed by atoms with Gasteiger partial charge in [-0.25, -0.2) is 0 Å². The van der Waals surface area contributed by atoms with Crippen LogP contribution in [-0.2, 0) is 6.54 Å². The van der Waals surface area contributed by atoms with E-state index in [4.69, 9.17) is 4.99 Å². The highest BCUT2D eigenvalue weighted by atomic mass is 31.1. The van der Waals surface area contributed by atoms with Gasteiger partial charge >= 0.3 is 0 Å². The Labute approximate surface area is 175 Å². The normalized spacial score (nSPS) is 15.4. The Morgan fingerprint density at radius 1 is 0.724 bits per heavy atom. The van der Waals surface area contributed by atoms with Crippen LogP contribution in [0.1, 0.15) is 37.7 Å². The summed E-state index contributed by atoms with van der Waals surface area (Å²) >= 11 is 0. The van der Waals surface area contributed by atoms with Gasteiger partial charge in [0, 0.05) is 14.0 Å². The molecule has 0 radical (unpaired) electrons. The van der Waals surface area contributed by atoms with Crippen LogP contribution in [0.15, 0.2) is 96.0 Å². The lowest BCUT2D eigenvalue weighted by Gasteiger charge is -2.29. The van der Waals surface area contributed by atoms with Crippen LogP contribution in [0.3, 0.4) is 0 Å². The number of nitrogens with zero attached hydrogens (tertiary/aromatic N) is 1. The van der Waals surface area contributed by atoms with Crippen LogP contribution in [0.25, 0.3) is 0 Å². The zero-order valence-corrected chi connectivity index (χ0v) is 17.8. The van der Waals surface area contributed by atoms with E-state index < -0.39 is 7.92 Å². The molecule has 3 heteroatoms. The van der Waals surface area contributed by atoms with Crippen LogP contribution in [0, 0.1) is 0 Å². The highest BCUT2D eigenvalue weighted by Crippen LogP contribution is 2.35. The molecule has 1 N–H and O–H groups in total. The first-order chi connectivity index (χ1) is 14.4. The van der Waals surface area contributed by atoms with Gasteiger partial charge in [-0.3, -0.25) is 4.99 Å². The lowest BCUT2D eigenvalue weighted by molar-refractivity contribution is 0.414. The van der Waals surface area contributed by atoms with Crippen LogP contribution in [-0.4, -0.2) is 11.6 Å². The topological polar surface area (TPSA) is 24.4 Å². The largest absolute Gasteiger partial charge is 0.367 e. The summed E-state index contributed by atoms with van der Waals surface area (Å²) in [5.74, 6) is 0. The number of nitrogens with one attached hydrogen (secondary N) is 1. The van der Waals surface area contributed by atoms with Crippen LogP contribution >= 0.6 is 7.92 Å². The molecule has 0 saturated heterocycles. The zero-order valence-electron chi connectivity index (χ0n) is 16.9. The fourth-order valence-electron chi connectivity index (χ4n) is 3.91. The van der Waals surface area contributed by atoms with Crippen molar-refractivity contribution in [3.05, 3.63) is 96.6 Å². The minimum Gasteiger partial charge on any atom is -0.367 e. The van der Waals surface area contributed by atoms with Gasteiger partial charge in [0.25, 0.3) is 0 Å². The van der Waals surface area contributed by atoms with Crippen LogP contribution in [0.2, 0.25) is 0 Å². The van der Waals surface area contributed by atoms with Gasteiger partial charge in [-0.2, -0.15) is 0 Å². The fourth-order valence-corrected chi connectivity index (χ4v) is 6.16. The summed E-state index contributed by atoms with van der Waals surface area (Å²) in [6.45, 7) is 0.717. The van der Waals surface area contributed by atoms with Crippen molar-refractivity contribution < 1.29 is 0 Å². The second kappa shape index (κ2) is 10.4. The van der Waals surface area contributed by atoms with E-state index in [0.29, 0.717) is 12.6 Å². The monoisotopic (exact) mass is 400 g/mol. The predicted octanol–water partition coefficient (Wildman–Crippen LogP) is 5.60. The van der Waals surface area contributed by atoms with Crippen LogP contribution in [0.5, 0.6) is 0 Å². The molecule has 1 fully saturated rings. The Kier molecular flexibility index (Phi) is 7.10. The first kappa shape index (κ1) is 19.9. The molecule has 148 valence electrons. The molecule has 1 saturated carbocycles. The molecule has 0 bridgehead atoms. The minimum atomic E-state index is -0.697. The quantitative estimate of drug-likeness (QED) is 0.325. The first-order valence-corrected chi connectivity index (χ1v) is 12.0. The lowest BCUT2D eigenvalue weighted by Crippen LogP contribution is -2.38. The van der Waals surface area contributed by atoms with Crippen molar-refractivity contribution in [2.24, 2.45) is 4.99 Å². The standard InChI is InChI=1S/C26H29N2P/c1-5-13-22(14-6-1)21-27-26(28-23-15-7-2-8-16-23)29(24-17-9-3-10-18-24)25-19-11-4-12-20-25/h1,3-6,9-14,17-20,23H,2,7-8,15-16,21H2,(H,27,28). The van der Waals surface area contributed by atoms with E-state index in [1.807, 2.05) is 0 Å². The Bertz CT molecular complexity index is 848. The molecule has 1 aliphatic rings. The van der Waals surface area contributed by atoms with Crippen LogP contribution in [0.4, 0.5) is 0 Å². The van der Waals surface area contributed by atoms with Gasteiger partial charge in [-0.05, 0) is 29.0 Å². The van der Waals surface area contributed by atoms with Crippen molar-refractivity contribution in [3.63, 3.8) is 0 Å². The molecule has 3 aromatic carbocycles. The highest BCUT2D eigenvalue weighted by Gasteiger charge is 2.23. The maximum Gasteiger partial charge on any atom is 0.129 e. The number of amidine groups is 1. The van der Waals surface area contributed by atoms with E-state index >= 15 is 0 Å². The Hall–Kier alpha value is -2.44. The van der Waals surface area contributed by atoms with Gasteiger partial charge < -0.3 is 5.32 Å². The predicted molar refractivity (Wildman–Crippen MR) is 127 cm³/mol. The molecule has 0 unspecified atom stereocenters. The van der Waals surface area contributed by atoms with Gasteiger partial charge in [-0.1, -0.05) is 110 Å². The molecule has 0 aromatic heterocycles. The number of aliphatic imine (C=N–C) groups is 1. The molecule has 1 aliphatic carbocycles. The molecule has 4 rings (SSSR count). The van der Waals surface area contributed by atoms with E-state index in [2.05, 4.69) is 96.3 Å². The molecule has 0 spiro atoms. The Morgan fingerprint density at radius 3 is 1.79 bits per heavy atom. The second-order valence-corrected chi connectivity index (χ2v) is 9.74. The third-order valence-electron chi connectivity index (χ3n) is 5.43. The molecule has 0 amide bonds. The number of hydrogen-bond acceptors (Lipinski definition) is 1. The number of hydrogen-bond donors (Lipinski definition) is 1. The van der Waals surface area contributed by atoms with Crippen molar-refractivity contribution in [2.75, 3.05) is 0 Å². The zero-order chi connectivity index (χ0) is 19.7. The summed E-state index contributed by atoms with van der Waals surface area (Å²) in [6.07, 6.45) is 6.49. The summed E-state index contributed by atoms with van der Waals surface area (Å²) in [5.41, 5.74) is 2.42. The third-order valence-corrected chi connectivity index (χ3v) is 7.76. The van der Waals surface area contributed by atoms with Crippen molar-refractivity contribution in [3.8, 4) is 0 Å². The fraction of sp³-hybridized carbons (Fsp3) is 0.269. The van der Waals surface area contributed by atoms with Gasteiger partial charge in [0.15, 0.2) is 0 Å². The van der Waals surface area contributed by atoms with Crippen molar-refractivity contribution in [2.45, 2.75) is 44.7 Å².